The Bertz CT molecular complexity index is 294. The topological polar surface area (TPSA) is 29.9 Å². The number of rotatable bonds is 5. The Morgan fingerprint density at radius 1 is 1.43 bits per heavy atom. The molecular weight excluding hydrogens is 194 g/mol. The molecule has 0 saturated carbocycles. The van der Waals surface area contributed by atoms with Crippen molar-refractivity contribution in [2.45, 2.75) is 20.3 Å². The SMILES string of the molecule is CSCCCNc1c(C)nn(C)c1C. The molecular formula is C10H19N3S. The van der Waals surface area contributed by atoms with E-state index in [0.717, 1.165) is 12.2 Å². The molecule has 80 valence electrons. The van der Waals surface area contributed by atoms with Gasteiger partial charge in [-0.2, -0.15) is 16.9 Å². The quantitative estimate of drug-likeness (QED) is 0.761. The predicted octanol–water partition coefficient (Wildman–Crippen LogP) is 2.20. The van der Waals surface area contributed by atoms with Crippen molar-refractivity contribution in [1.29, 1.82) is 0 Å². The molecule has 14 heavy (non-hydrogen) atoms. The highest BCUT2D eigenvalue weighted by atomic mass is 32.2. The molecule has 3 nitrogen and oxygen atoms in total. The van der Waals surface area contributed by atoms with Crippen LogP contribution in [0.1, 0.15) is 17.8 Å². The largest absolute Gasteiger partial charge is 0.382 e. The number of thioether (sulfide) groups is 1. The molecule has 0 spiro atoms. The van der Waals surface area contributed by atoms with Crippen molar-refractivity contribution in [1.82, 2.24) is 9.78 Å². The fourth-order valence-electron chi connectivity index (χ4n) is 1.46. The van der Waals surface area contributed by atoms with E-state index >= 15 is 0 Å². The summed E-state index contributed by atoms with van der Waals surface area (Å²) >= 11 is 1.89. The van der Waals surface area contributed by atoms with E-state index in [1.54, 1.807) is 0 Å². The zero-order chi connectivity index (χ0) is 10.6. The van der Waals surface area contributed by atoms with Crippen molar-refractivity contribution in [2.24, 2.45) is 7.05 Å². The Kier molecular flexibility index (Phi) is 4.32. The Morgan fingerprint density at radius 3 is 2.64 bits per heavy atom. The summed E-state index contributed by atoms with van der Waals surface area (Å²) in [6.45, 7) is 5.18. The number of aromatic nitrogens is 2. The van der Waals surface area contributed by atoms with E-state index in [0.29, 0.717) is 0 Å². The molecule has 0 bridgehead atoms. The Balaban J connectivity index is 2.49. The van der Waals surface area contributed by atoms with Crippen molar-refractivity contribution in [2.75, 3.05) is 23.9 Å². The van der Waals surface area contributed by atoms with Crippen LogP contribution in [-0.4, -0.2) is 28.3 Å². The van der Waals surface area contributed by atoms with Gasteiger partial charge in [0.25, 0.3) is 0 Å². The van der Waals surface area contributed by atoms with E-state index in [2.05, 4.69) is 23.6 Å². The summed E-state index contributed by atoms with van der Waals surface area (Å²) in [4.78, 5) is 0. The van der Waals surface area contributed by atoms with E-state index in [1.807, 2.05) is 30.4 Å². The van der Waals surface area contributed by atoms with Gasteiger partial charge in [-0.1, -0.05) is 0 Å². The van der Waals surface area contributed by atoms with Gasteiger partial charge in [0.2, 0.25) is 0 Å². The second-order valence-electron chi connectivity index (χ2n) is 3.44. The highest BCUT2D eigenvalue weighted by molar-refractivity contribution is 7.98. The number of nitrogens with one attached hydrogen (secondary N) is 1. The summed E-state index contributed by atoms with van der Waals surface area (Å²) in [6.07, 6.45) is 3.34. The van der Waals surface area contributed by atoms with Gasteiger partial charge in [0.05, 0.1) is 17.1 Å². The Hall–Kier alpha value is -0.640. The van der Waals surface area contributed by atoms with Crippen LogP contribution in [0.5, 0.6) is 0 Å². The lowest BCUT2D eigenvalue weighted by Crippen LogP contribution is -2.04. The van der Waals surface area contributed by atoms with Crippen molar-refractivity contribution < 1.29 is 0 Å². The number of hydrogen-bond acceptors (Lipinski definition) is 3. The minimum absolute atomic E-state index is 1.04. The van der Waals surface area contributed by atoms with Crippen molar-refractivity contribution in [3.63, 3.8) is 0 Å². The standard InChI is InChI=1S/C10H19N3S/c1-8-10(9(2)13(3)12-8)11-6-5-7-14-4/h11H,5-7H2,1-4H3. The third-order valence-electron chi connectivity index (χ3n) is 2.34. The van der Waals surface area contributed by atoms with Crippen molar-refractivity contribution in [3.05, 3.63) is 11.4 Å². The maximum atomic E-state index is 4.36. The van der Waals surface area contributed by atoms with Gasteiger partial charge in [0, 0.05) is 13.6 Å². The Labute approximate surface area is 90.3 Å². The first-order valence-corrected chi connectivity index (χ1v) is 6.29. The van der Waals surface area contributed by atoms with Crippen LogP contribution in [0.4, 0.5) is 5.69 Å². The minimum atomic E-state index is 1.04. The molecule has 1 heterocycles. The molecule has 0 aliphatic carbocycles. The molecule has 0 unspecified atom stereocenters. The second kappa shape index (κ2) is 5.29. The fraction of sp³-hybridized carbons (Fsp3) is 0.700. The van der Waals surface area contributed by atoms with Crippen LogP contribution in [0.3, 0.4) is 0 Å². The van der Waals surface area contributed by atoms with Gasteiger partial charge in [0.15, 0.2) is 0 Å². The molecule has 1 rings (SSSR count). The molecule has 4 heteroatoms. The van der Waals surface area contributed by atoms with Gasteiger partial charge in [-0.05, 0) is 32.3 Å². The van der Waals surface area contributed by atoms with Gasteiger partial charge >= 0.3 is 0 Å². The van der Waals surface area contributed by atoms with E-state index in [-0.39, 0.29) is 0 Å². The first-order valence-electron chi connectivity index (χ1n) is 4.89. The van der Waals surface area contributed by atoms with E-state index < -0.39 is 0 Å². The highest BCUT2D eigenvalue weighted by Gasteiger charge is 2.07. The number of aryl methyl sites for hydroxylation is 2. The summed E-state index contributed by atoms with van der Waals surface area (Å²) in [6, 6.07) is 0. The average Bonchev–Trinajstić information content (AvgIpc) is 2.38. The van der Waals surface area contributed by atoms with Crippen LogP contribution in [0.15, 0.2) is 0 Å². The van der Waals surface area contributed by atoms with Crippen molar-refractivity contribution >= 4 is 17.4 Å². The molecule has 0 amide bonds. The fourth-order valence-corrected chi connectivity index (χ4v) is 1.89. The van der Waals surface area contributed by atoms with E-state index in [9.17, 15) is 0 Å². The molecule has 0 aliphatic heterocycles. The van der Waals surface area contributed by atoms with E-state index in [1.165, 1.54) is 23.6 Å². The summed E-state index contributed by atoms with van der Waals surface area (Å²) < 4.78 is 1.92. The smallest absolute Gasteiger partial charge is 0.0827 e. The molecule has 0 aliphatic rings. The first kappa shape index (κ1) is 11.4. The summed E-state index contributed by atoms with van der Waals surface area (Å²) in [5.74, 6) is 1.21. The van der Waals surface area contributed by atoms with Gasteiger partial charge in [-0.15, -0.1) is 0 Å². The van der Waals surface area contributed by atoms with Crippen LogP contribution in [0, 0.1) is 13.8 Å². The van der Waals surface area contributed by atoms with Crippen LogP contribution in [0.25, 0.3) is 0 Å². The van der Waals surface area contributed by atoms with Crippen molar-refractivity contribution in [3.8, 4) is 0 Å². The first-order chi connectivity index (χ1) is 6.66. The number of anilines is 1. The monoisotopic (exact) mass is 213 g/mol. The van der Waals surface area contributed by atoms with Gasteiger partial charge in [-0.3, -0.25) is 4.68 Å². The number of nitrogens with zero attached hydrogens (tertiary/aromatic N) is 2. The lowest BCUT2D eigenvalue weighted by atomic mass is 10.3. The normalized spacial score (nSPS) is 10.6. The van der Waals surface area contributed by atoms with Gasteiger partial charge < -0.3 is 5.32 Å². The summed E-state index contributed by atoms with van der Waals surface area (Å²) in [5, 5.41) is 7.80. The maximum absolute atomic E-state index is 4.36. The zero-order valence-electron chi connectivity index (χ0n) is 9.42. The third-order valence-corrected chi connectivity index (χ3v) is 3.03. The Morgan fingerprint density at radius 2 is 2.14 bits per heavy atom. The van der Waals surface area contributed by atoms with Gasteiger partial charge in [0.1, 0.15) is 0 Å². The molecule has 0 atom stereocenters. The molecule has 0 radical (unpaired) electrons. The zero-order valence-corrected chi connectivity index (χ0v) is 10.2. The van der Waals surface area contributed by atoms with Crippen LogP contribution >= 0.6 is 11.8 Å². The molecule has 0 aromatic carbocycles. The van der Waals surface area contributed by atoms with E-state index in [4.69, 9.17) is 0 Å². The molecule has 0 fully saturated rings. The molecule has 1 N–H and O–H groups in total. The lowest BCUT2D eigenvalue weighted by molar-refractivity contribution is 0.731. The third kappa shape index (κ3) is 2.67. The van der Waals surface area contributed by atoms with Crippen LogP contribution in [-0.2, 0) is 7.05 Å². The van der Waals surface area contributed by atoms with Gasteiger partial charge in [-0.25, -0.2) is 0 Å². The minimum Gasteiger partial charge on any atom is -0.382 e. The summed E-state index contributed by atoms with van der Waals surface area (Å²) in [5.41, 5.74) is 3.51. The van der Waals surface area contributed by atoms with Crippen LogP contribution < -0.4 is 5.32 Å². The number of hydrogen-bond donors (Lipinski definition) is 1. The molecule has 0 saturated heterocycles. The highest BCUT2D eigenvalue weighted by Crippen LogP contribution is 2.17. The average molecular weight is 213 g/mol. The lowest BCUT2D eigenvalue weighted by Gasteiger charge is -2.05. The van der Waals surface area contributed by atoms with Crippen LogP contribution in [0.2, 0.25) is 0 Å². The maximum Gasteiger partial charge on any atom is 0.0827 e. The molecule has 1 aromatic rings. The predicted molar refractivity (Wildman–Crippen MR) is 64.2 cm³/mol. The summed E-state index contributed by atoms with van der Waals surface area (Å²) in [7, 11) is 1.98. The molecule has 1 aromatic heterocycles. The second-order valence-corrected chi connectivity index (χ2v) is 4.43.